The summed E-state index contributed by atoms with van der Waals surface area (Å²) in [6, 6.07) is 0.843. The van der Waals surface area contributed by atoms with Crippen molar-refractivity contribution in [3.05, 3.63) is 0 Å². The molecule has 0 heterocycles. The second kappa shape index (κ2) is 21.2. The van der Waals surface area contributed by atoms with Gasteiger partial charge in [-0.1, -0.05) is 4.32 Å². The number of rotatable bonds is 2. The minimum absolute atomic E-state index is 0. The van der Waals surface area contributed by atoms with Crippen LogP contribution in [0.5, 0.6) is 0 Å². The first kappa shape index (κ1) is 43.6. The van der Waals surface area contributed by atoms with Crippen molar-refractivity contribution in [1.29, 1.82) is 0 Å². The Morgan fingerprint density at radius 2 is 1.06 bits per heavy atom. The largest absolute Gasteiger partial charge is 1.00 e. The molecule has 0 unspecified atom stereocenters. The third kappa shape index (κ3) is 17.3. The van der Waals surface area contributed by atoms with Gasteiger partial charge in [0.25, 0.3) is 0 Å². The number of thiocarbonyl (C=S) groups is 1. The molecule has 10 N–H and O–H groups in total. The van der Waals surface area contributed by atoms with Crippen molar-refractivity contribution >= 4 is 29.2 Å². The van der Waals surface area contributed by atoms with Crippen LogP contribution in [0.4, 0.5) is 0 Å². The van der Waals surface area contributed by atoms with Crippen molar-refractivity contribution in [2.45, 2.75) is 39.8 Å². The van der Waals surface area contributed by atoms with Crippen molar-refractivity contribution < 1.29 is 56.9 Å². The molecule has 16 heavy (non-hydrogen) atoms. The van der Waals surface area contributed by atoms with E-state index in [-0.39, 0.29) is 56.9 Å². The Labute approximate surface area is 130 Å². The maximum atomic E-state index is 4.91. The fourth-order valence-corrected chi connectivity index (χ4v) is 1.86. The van der Waals surface area contributed by atoms with Crippen LogP contribution in [-0.2, 0) is 12.6 Å². The zero-order valence-electron chi connectivity index (χ0n) is 10.4. The Morgan fingerprint density at radius 1 is 0.875 bits per heavy atom. The van der Waals surface area contributed by atoms with Gasteiger partial charge in [-0.05, 0) is 27.7 Å². The van der Waals surface area contributed by atoms with Crippen LogP contribution in [-0.4, -0.2) is 48.7 Å². The topological polar surface area (TPSA) is 161 Å². The standard InChI is InChI=1S/C7H15NS2.Na.5H2O/c1-5(2)8(6(3)4)7(9)10;;;;;;/h5-6H,1-4H3,(H,9,10);;5*1H2/q;+1;;;;;/p-1. The van der Waals surface area contributed by atoms with Gasteiger partial charge in [-0.3, -0.25) is 0 Å². The average molecular weight is 289 g/mol. The van der Waals surface area contributed by atoms with Crippen molar-refractivity contribution in [2.24, 2.45) is 0 Å². The summed E-state index contributed by atoms with van der Waals surface area (Å²) in [5.41, 5.74) is 0. The molecule has 0 rings (SSSR count). The molecule has 0 spiro atoms. The van der Waals surface area contributed by atoms with Crippen molar-refractivity contribution in [3.8, 4) is 0 Å². The van der Waals surface area contributed by atoms with Crippen LogP contribution < -0.4 is 29.6 Å². The summed E-state index contributed by atoms with van der Waals surface area (Å²) in [7, 11) is 0. The summed E-state index contributed by atoms with van der Waals surface area (Å²) in [5, 5.41) is 0. The molecule has 6 nitrogen and oxygen atoms in total. The summed E-state index contributed by atoms with van der Waals surface area (Å²) in [6.07, 6.45) is 0. The molecule has 0 aromatic heterocycles. The van der Waals surface area contributed by atoms with Crippen molar-refractivity contribution in [3.63, 3.8) is 0 Å². The van der Waals surface area contributed by atoms with Gasteiger partial charge in [-0.2, -0.15) is 0 Å². The second-order valence-corrected chi connectivity index (χ2v) is 3.89. The maximum absolute atomic E-state index is 4.91. The van der Waals surface area contributed by atoms with E-state index in [1.807, 2.05) is 4.90 Å². The van der Waals surface area contributed by atoms with Gasteiger partial charge in [0.05, 0.1) is 0 Å². The molecule has 0 saturated heterocycles. The minimum atomic E-state index is 0. The van der Waals surface area contributed by atoms with Crippen LogP contribution in [0.25, 0.3) is 0 Å². The van der Waals surface area contributed by atoms with Crippen LogP contribution >= 0.6 is 12.2 Å². The van der Waals surface area contributed by atoms with Crippen LogP contribution in [0.1, 0.15) is 27.7 Å². The van der Waals surface area contributed by atoms with Crippen LogP contribution in [0.15, 0.2) is 0 Å². The fraction of sp³-hybridized carbons (Fsp3) is 0.857. The van der Waals surface area contributed by atoms with E-state index >= 15 is 0 Å². The quantitative estimate of drug-likeness (QED) is 0.282. The summed E-state index contributed by atoms with van der Waals surface area (Å²) in [5.74, 6) is 0. The zero-order valence-corrected chi connectivity index (χ0v) is 14.1. The molecular weight excluding hydrogens is 265 g/mol. The molecule has 0 radical (unpaired) electrons. The van der Waals surface area contributed by atoms with E-state index in [4.69, 9.17) is 24.8 Å². The third-order valence-corrected chi connectivity index (χ3v) is 1.75. The van der Waals surface area contributed by atoms with Gasteiger partial charge in [0.2, 0.25) is 0 Å². The monoisotopic (exact) mass is 289 g/mol. The molecule has 0 aliphatic heterocycles. The summed E-state index contributed by atoms with van der Waals surface area (Å²) in [4.78, 5) is 2.05. The molecule has 9 heteroatoms. The van der Waals surface area contributed by atoms with Gasteiger partial charge in [0.1, 0.15) is 0 Å². The molecule has 0 fully saturated rings. The summed E-state index contributed by atoms with van der Waals surface area (Å²) >= 11 is 9.82. The number of hydrogen-bond acceptors (Lipinski definition) is 2. The van der Waals surface area contributed by atoms with Gasteiger partial charge < -0.3 is 57.1 Å². The van der Waals surface area contributed by atoms with Gasteiger partial charge in [-0.25, -0.2) is 0 Å². The van der Waals surface area contributed by atoms with Gasteiger partial charge in [0, 0.05) is 12.1 Å². The van der Waals surface area contributed by atoms with Gasteiger partial charge in [0.15, 0.2) is 0 Å². The van der Waals surface area contributed by atoms with Crippen LogP contribution in [0.3, 0.4) is 0 Å². The van der Waals surface area contributed by atoms with E-state index in [9.17, 15) is 0 Å². The fourth-order valence-electron chi connectivity index (χ4n) is 1.02. The van der Waals surface area contributed by atoms with E-state index < -0.39 is 0 Å². The predicted molar refractivity (Wildman–Crippen MR) is 70.1 cm³/mol. The van der Waals surface area contributed by atoms with E-state index in [0.717, 1.165) is 0 Å². The first-order valence-electron chi connectivity index (χ1n) is 3.46. The van der Waals surface area contributed by atoms with Crippen LogP contribution in [0.2, 0.25) is 0 Å². The zero-order chi connectivity index (χ0) is 8.31. The van der Waals surface area contributed by atoms with Gasteiger partial charge >= 0.3 is 29.6 Å². The third-order valence-electron chi connectivity index (χ3n) is 1.32. The molecule has 0 aromatic rings. The van der Waals surface area contributed by atoms with E-state index in [1.54, 1.807) is 0 Å². The molecule has 0 aromatic carbocycles. The first-order chi connectivity index (χ1) is 4.46. The average Bonchev–Trinajstić information content (AvgIpc) is 1.59. The smallest absolute Gasteiger partial charge is 0.412 e. The molecule has 0 bridgehead atoms. The summed E-state index contributed by atoms with van der Waals surface area (Å²) < 4.78 is 0.574. The Kier molecular flexibility index (Phi) is 57.8. The minimum Gasteiger partial charge on any atom is -0.412 e. The molecule has 0 aliphatic carbocycles. The SMILES string of the molecule is CC(C)N(C(=S)[S-])C(C)C.O.O.O.O.O.[Na+]. The Hall–Kier alpha value is 0.910. The molecule has 0 atom stereocenters. The molecule has 0 aliphatic rings. The van der Waals surface area contributed by atoms with Crippen LogP contribution in [0, 0.1) is 0 Å². The second-order valence-electron chi connectivity index (χ2n) is 2.86. The van der Waals surface area contributed by atoms with Crippen molar-refractivity contribution in [2.75, 3.05) is 0 Å². The van der Waals surface area contributed by atoms with E-state index in [2.05, 4.69) is 27.7 Å². The number of nitrogens with zero attached hydrogens (tertiary/aromatic N) is 1. The van der Waals surface area contributed by atoms with Crippen molar-refractivity contribution in [1.82, 2.24) is 4.90 Å². The molecule has 0 amide bonds. The van der Waals surface area contributed by atoms with E-state index in [1.165, 1.54) is 0 Å². The molecule has 100 valence electrons. The number of hydrogen-bond donors (Lipinski definition) is 0. The summed E-state index contributed by atoms with van der Waals surface area (Å²) in [6.45, 7) is 8.38. The maximum Gasteiger partial charge on any atom is 1.00 e. The molecule has 0 saturated carbocycles. The Bertz CT molecular complexity index is 132. The normalized spacial score (nSPS) is 6.62. The van der Waals surface area contributed by atoms with E-state index in [0.29, 0.717) is 16.4 Å². The van der Waals surface area contributed by atoms with Gasteiger partial charge in [-0.15, -0.1) is 0 Å². The molecular formula is C7H24NNaO5S2. The first-order valence-corrected chi connectivity index (χ1v) is 4.27. The Balaban J connectivity index is -0.0000000270. The predicted octanol–water partition coefficient (Wildman–Crippen LogP) is -5.18. The Morgan fingerprint density at radius 3 is 1.06 bits per heavy atom.